The number of hydrogen-bond acceptors (Lipinski definition) is 3. The number of carbonyl (C=O) groups excluding carboxylic acids is 2. The van der Waals surface area contributed by atoms with Crippen molar-refractivity contribution in [3.05, 3.63) is 106 Å². The number of hydrogen-bond donors (Lipinski definition) is 1. The minimum Gasteiger partial charge on any atom is -0.361 e. The van der Waals surface area contributed by atoms with Crippen molar-refractivity contribution in [2.75, 3.05) is 26.2 Å². The summed E-state index contributed by atoms with van der Waals surface area (Å²) in [6.07, 6.45) is 3.91. The molecular formula is C27H26N4O3. The molecule has 0 unspecified atom stereocenters. The summed E-state index contributed by atoms with van der Waals surface area (Å²) in [5.74, 6) is -0.238. The number of aromatic nitrogens is 2. The van der Waals surface area contributed by atoms with Crippen molar-refractivity contribution in [1.82, 2.24) is 19.4 Å². The van der Waals surface area contributed by atoms with Crippen LogP contribution < -0.4 is 5.56 Å². The lowest BCUT2D eigenvalue weighted by Gasteiger charge is -2.34. The van der Waals surface area contributed by atoms with Crippen molar-refractivity contribution in [1.29, 1.82) is 0 Å². The van der Waals surface area contributed by atoms with Gasteiger partial charge in [-0.25, -0.2) is 0 Å². The van der Waals surface area contributed by atoms with Gasteiger partial charge < -0.3 is 19.4 Å². The second-order valence-corrected chi connectivity index (χ2v) is 8.55. The molecule has 2 aromatic heterocycles. The summed E-state index contributed by atoms with van der Waals surface area (Å²) >= 11 is 0. The number of amides is 2. The summed E-state index contributed by atoms with van der Waals surface area (Å²) in [7, 11) is 0. The number of nitrogens with zero attached hydrogens (tertiary/aromatic N) is 3. The Bertz CT molecular complexity index is 1380. The zero-order valence-electron chi connectivity index (χ0n) is 18.8. The van der Waals surface area contributed by atoms with E-state index in [9.17, 15) is 14.4 Å². The van der Waals surface area contributed by atoms with Crippen molar-refractivity contribution < 1.29 is 9.59 Å². The zero-order chi connectivity index (χ0) is 23.5. The molecule has 1 fully saturated rings. The standard InChI is InChI=1S/C27H26N4O3/c32-25(17-21-18-28-24-11-5-4-9-22(21)24)29-13-15-30(16-14-29)26(33)23-10-6-12-31(27(23)34)19-20-7-2-1-3-8-20/h1-12,18,28H,13-17,19H2. The van der Waals surface area contributed by atoms with Crippen LogP contribution in [0.3, 0.4) is 0 Å². The fraction of sp³-hybridized carbons (Fsp3) is 0.222. The quantitative estimate of drug-likeness (QED) is 0.504. The Morgan fingerprint density at radius 3 is 2.32 bits per heavy atom. The van der Waals surface area contributed by atoms with Gasteiger partial charge in [-0.05, 0) is 29.3 Å². The molecule has 1 N–H and O–H groups in total. The van der Waals surface area contributed by atoms with Crippen LogP contribution in [0.15, 0.2) is 83.9 Å². The van der Waals surface area contributed by atoms with E-state index in [0.29, 0.717) is 39.1 Å². The van der Waals surface area contributed by atoms with Gasteiger partial charge in [-0.3, -0.25) is 14.4 Å². The molecule has 5 rings (SSSR count). The highest BCUT2D eigenvalue weighted by molar-refractivity contribution is 5.94. The number of carbonyl (C=O) groups is 2. The third-order valence-corrected chi connectivity index (χ3v) is 6.38. The molecule has 0 spiro atoms. The monoisotopic (exact) mass is 454 g/mol. The molecule has 2 aromatic carbocycles. The first kappa shape index (κ1) is 21.7. The number of para-hydroxylation sites is 1. The largest absolute Gasteiger partial charge is 0.361 e. The van der Waals surface area contributed by atoms with E-state index >= 15 is 0 Å². The first-order valence-electron chi connectivity index (χ1n) is 11.5. The van der Waals surface area contributed by atoms with Crippen molar-refractivity contribution in [2.24, 2.45) is 0 Å². The molecule has 2 amide bonds. The molecule has 34 heavy (non-hydrogen) atoms. The molecule has 0 radical (unpaired) electrons. The van der Waals surface area contributed by atoms with Gasteiger partial charge in [0.05, 0.1) is 13.0 Å². The lowest BCUT2D eigenvalue weighted by molar-refractivity contribution is -0.131. The molecule has 0 atom stereocenters. The first-order chi connectivity index (χ1) is 16.6. The number of nitrogens with one attached hydrogen (secondary N) is 1. The SMILES string of the molecule is O=C(Cc1c[nH]c2ccccc12)N1CCN(C(=O)c2cccn(Cc3ccccc3)c2=O)CC1. The normalized spacial score (nSPS) is 13.9. The van der Waals surface area contributed by atoms with Crippen LogP contribution in [-0.2, 0) is 17.8 Å². The van der Waals surface area contributed by atoms with Crippen LogP contribution in [0.1, 0.15) is 21.5 Å². The lowest BCUT2D eigenvalue weighted by Crippen LogP contribution is -2.51. The molecule has 172 valence electrons. The maximum Gasteiger partial charge on any atom is 0.263 e. The third-order valence-electron chi connectivity index (χ3n) is 6.38. The van der Waals surface area contributed by atoms with E-state index < -0.39 is 0 Å². The molecule has 3 heterocycles. The molecule has 1 saturated heterocycles. The van der Waals surface area contributed by atoms with Crippen molar-refractivity contribution >= 4 is 22.7 Å². The second kappa shape index (κ2) is 9.39. The number of pyridine rings is 1. The Balaban J connectivity index is 1.22. The minimum atomic E-state index is -0.297. The zero-order valence-corrected chi connectivity index (χ0v) is 18.8. The number of rotatable bonds is 5. The summed E-state index contributed by atoms with van der Waals surface area (Å²) in [5, 5.41) is 1.06. The van der Waals surface area contributed by atoms with Gasteiger partial charge in [0.2, 0.25) is 5.91 Å². The van der Waals surface area contributed by atoms with Crippen LogP contribution in [0.5, 0.6) is 0 Å². The van der Waals surface area contributed by atoms with E-state index in [1.165, 1.54) is 0 Å². The van der Waals surface area contributed by atoms with Crippen molar-refractivity contribution in [3.8, 4) is 0 Å². The Labute approximate surface area is 197 Å². The molecule has 0 aliphatic carbocycles. The van der Waals surface area contributed by atoms with E-state index in [1.807, 2.05) is 60.8 Å². The van der Waals surface area contributed by atoms with Gasteiger partial charge in [0, 0.05) is 49.5 Å². The Hall–Kier alpha value is -4.13. The smallest absolute Gasteiger partial charge is 0.263 e. The molecule has 1 aliphatic heterocycles. The van der Waals surface area contributed by atoms with E-state index in [2.05, 4.69) is 4.98 Å². The summed E-state index contributed by atoms with van der Waals surface area (Å²) in [6.45, 7) is 2.14. The van der Waals surface area contributed by atoms with E-state index in [4.69, 9.17) is 0 Å². The number of H-pyrrole nitrogens is 1. The van der Waals surface area contributed by atoms with Gasteiger partial charge in [0.25, 0.3) is 11.5 Å². The molecule has 4 aromatic rings. The van der Waals surface area contributed by atoms with E-state index in [1.54, 1.807) is 32.7 Å². The number of aromatic amines is 1. The highest BCUT2D eigenvalue weighted by atomic mass is 16.2. The highest BCUT2D eigenvalue weighted by Gasteiger charge is 2.26. The Morgan fingerprint density at radius 1 is 0.824 bits per heavy atom. The lowest BCUT2D eigenvalue weighted by atomic mass is 10.1. The molecule has 0 bridgehead atoms. The van der Waals surface area contributed by atoms with E-state index in [0.717, 1.165) is 22.0 Å². The van der Waals surface area contributed by atoms with Gasteiger partial charge in [-0.2, -0.15) is 0 Å². The average Bonchev–Trinajstić information content (AvgIpc) is 3.28. The van der Waals surface area contributed by atoms with Crippen molar-refractivity contribution in [2.45, 2.75) is 13.0 Å². The predicted molar refractivity (Wildman–Crippen MR) is 131 cm³/mol. The Kier molecular flexibility index (Phi) is 5.99. The maximum atomic E-state index is 13.1. The van der Waals surface area contributed by atoms with Crippen LogP contribution in [0, 0.1) is 0 Å². The van der Waals surface area contributed by atoms with Gasteiger partial charge in [0.15, 0.2) is 0 Å². The minimum absolute atomic E-state index is 0.0433. The third kappa shape index (κ3) is 4.37. The fourth-order valence-corrected chi connectivity index (χ4v) is 4.49. The van der Waals surface area contributed by atoms with Crippen LogP contribution in [-0.4, -0.2) is 57.3 Å². The van der Waals surface area contributed by atoms with Crippen LogP contribution in [0.2, 0.25) is 0 Å². The van der Waals surface area contributed by atoms with Crippen LogP contribution in [0.25, 0.3) is 10.9 Å². The number of piperazine rings is 1. The topological polar surface area (TPSA) is 78.4 Å². The fourth-order valence-electron chi connectivity index (χ4n) is 4.49. The summed E-state index contributed by atoms with van der Waals surface area (Å²) in [5.41, 5.74) is 2.85. The number of benzene rings is 2. The van der Waals surface area contributed by atoms with Crippen molar-refractivity contribution in [3.63, 3.8) is 0 Å². The summed E-state index contributed by atoms with van der Waals surface area (Å²) in [6, 6.07) is 20.9. The molecule has 1 aliphatic rings. The Morgan fingerprint density at radius 2 is 1.53 bits per heavy atom. The van der Waals surface area contributed by atoms with Crippen LogP contribution >= 0.6 is 0 Å². The highest BCUT2D eigenvalue weighted by Crippen LogP contribution is 2.19. The molecular weight excluding hydrogens is 428 g/mol. The second-order valence-electron chi connectivity index (χ2n) is 8.55. The predicted octanol–water partition coefficient (Wildman–Crippen LogP) is 2.91. The van der Waals surface area contributed by atoms with Crippen LogP contribution in [0.4, 0.5) is 0 Å². The summed E-state index contributed by atoms with van der Waals surface area (Å²) < 4.78 is 1.56. The first-order valence-corrected chi connectivity index (χ1v) is 11.5. The average molecular weight is 455 g/mol. The van der Waals surface area contributed by atoms with Gasteiger partial charge in [-0.1, -0.05) is 48.5 Å². The van der Waals surface area contributed by atoms with Gasteiger partial charge in [0.1, 0.15) is 5.56 Å². The molecule has 7 heteroatoms. The summed E-state index contributed by atoms with van der Waals surface area (Å²) in [4.78, 5) is 45.6. The van der Waals surface area contributed by atoms with Gasteiger partial charge >= 0.3 is 0 Å². The van der Waals surface area contributed by atoms with Gasteiger partial charge in [-0.15, -0.1) is 0 Å². The maximum absolute atomic E-state index is 13.1. The number of fused-ring (bicyclic) bond motifs is 1. The molecule has 7 nitrogen and oxygen atoms in total. The molecule has 0 saturated carbocycles. The van der Waals surface area contributed by atoms with E-state index in [-0.39, 0.29) is 22.9 Å².